The Hall–Kier alpha value is -2.98. The predicted octanol–water partition coefficient (Wildman–Crippen LogP) is 5.50. The quantitative estimate of drug-likeness (QED) is 0.380. The van der Waals surface area contributed by atoms with E-state index in [1.807, 2.05) is 36.4 Å². The molecule has 0 unspecified atom stereocenters. The standard InChI is InChI=1S/C21H15NO2S/c23-16-9-5-14(6-10-16)7-11-19(24)15-8-12-21-18(13-15)22-17-3-1-2-4-20(17)25-21/h1-13,22-23H/b11-7+. The molecule has 0 atom stereocenters. The summed E-state index contributed by atoms with van der Waals surface area (Å²) in [7, 11) is 0. The average molecular weight is 345 g/mol. The minimum absolute atomic E-state index is 0.0541. The smallest absolute Gasteiger partial charge is 0.185 e. The molecule has 1 heterocycles. The van der Waals surface area contributed by atoms with Gasteiger partial charge in [-0.1, -0.05) is 42.1 Å². The zero-order valence-electron chi connectivity index (χ0n) is 13.3. The number of anilines is 2. The Bertz CT molecular complexity index is 977. The van der Waals surface area contributed by atoms with Crippen molar-refractivity contribution in [2.75, 3.05) is 5.32 Å². The Morgan fingerprint density at radius 3 is 2.52 bits per heavy atom. The number of aromatic hydroxyl groups is 1. The number of para-hydroxylation sites is 1. The minimum Gasteiger partial charge on any atom is -0.508 e. The van der Waals surface area contributed by atoms with E-state index < -0.39 is 0 Å². The highest BCUT2D eigenvalue weighted by Crippen LogP contribution is 2.44. The van der Waals surface area contributed by atoms with Crippen LogP contribution in [-0.2, 0) is 0 Å². The van der Waals surface area contributed by atoms with Gasteiger partial charge < -0.3 is 10.4 Å². The van der Waals surface area contributed by atoms with E-state index in [9.17, 15) is 9.90 Å². The van der Waals surface area contributed by atoms with Gasteiger partial charge in [0, 0.05) is 15.4 Å². The first-order valence-corrected chi connectivity index (χ1v) is 8.70. The number of phenolic OH excluding ortho intramolecular Hbond substituents is 1. The van der Waals surface area contributed by atoms with E-state index in [4.69, 9.17) is 0 Å². The van der Waals surface area contributed by atoms with Crippen LogP contribution >= 0.6 is 11.8 Å². The van der Waals surface area contributed by atoms with Crippen molar-refractivity contribution in [3.05, 3.63) is 83.9 Å². The monoisotopic (exact) mass is 345 g/mol. The van der Waals surface area contributed by atoms with Crippen molar-refractivity contribution in [1.82, 2.24) is 0 Å². The van der Waals surface area contributed by atoms with Crippen LogP contribution in [0.2, 0.25) is 0 Å². The summed E-state index contributed by atoms with van der Waals surface area (Å²) >= 11 is 1.70. The lowest BCUT2D eigenvalue weighted by atomic mass is 10.1. The van der Waals surface area contributed by atoms with Gasteiger partial charge in [0.1, 0.15) is 5.75 Å². The van der Waals surface area contributed by atoms with Crippen LogP contribution < -0.4 is 5.32 Å². The Morgan fingerprint density at radius 1 is 0.920 bits per heavy atom. The molecule has 3 aromatic rings. The molecule has 0 aromatic heterocycles. The molecule has 2 N–H and O–H groups in total. The maximum atomic E-state index is 12.4. The summed E-state index contributed by atoms with van der Waals surface area (Å²) in [6.07, 6.45) is 3.30. The molecule has 4 heteroatoms. The van der Waals surface area contributed by atoms with Crippen LogP contribution in [0.25, 0.3) is 6.08 Å². The topological polar surface area (TPSA) is 49.3 Å². The number of ketones is 1. The van der Waals surface area contributed by atoms with Crippen molar-refractivity contribution in [2.45, 2.75) is 9.79 Å². The summed E-state index contributed by atoms with van der Waals surface area (Å²) in [6, 6.07) is 20.6. The van der Waals surface area contributed by atoms with Gasteiger partial charge in [-0.05, 0) is 54.1 Å². The second kappa shape index (κ2) is 6.49. The Morgan fingerprint density at radius 2 is 1.68 bits per heavy atom. The number of carbonyl (C=O) groups is 1. The number of rotatable bonds is 3. The Balaban J connectivity index is 1.56. The van der Waals surface area contributed by atoms with Gasteiger partial charge in [-0.25, -0.2) is 0 Å². The van der Waals surface area contributed by atoms with Crippen LogP contribution in [0.1, 0.15) is 15.9 Å². The third-order valence-electron chi connectivity index (χ3n) is 3.96. The van der Waals surface area contributed by atoms with E-state index >= 15 is 0 Å². The molecule has 0 bridgehead atoms. The number of hydrogen-bond donors (Lipinski definition) is 2. The molecule has 1 aliphatic heterocycles. The highest BCUT2D eigenvalue weighted by atomic mass is 32.2. The van der Waals surface area contributed by atoms with Gasteiger partial charge in [0.15, 0.2) is 5.78 Å². The molecule has 0 fully saturated rings. The molecule has 0 spiro atoms. The molecule has 0 saturated heterocycles. The summed E-state index contributed by atoms with van der Waals surface area (Å²) in [5.41, 5.74) is 3.52. The fourth-order valence-corrected chi connectivity index (χ4v) is 3.61. The number of nitrogens with one attached hydrogen (secondary N) is 1. The zero-order valence-corrected chi connectivity index (χ0v) is 14.1. The second-order valence-corrected chi connectivity index (χ2v) is 6.81. The molecule has 4 rings (SSSR count). The third kappa shape index (κ3) is 3.30. The van der Waals surface area contributed by atoms with E-state index in [0.717, 1.165) is 21.8 Å². The van der Waals surface area contributed by atoms with Gasteiger partial charge in [-0.2, -0.15) is 0 Å². The molecule has 1 aliphatic rings. The molecule has 0 amide bonds. The van der Waals surface area contributed by atoms with Crippen molar-refractivity contribution < 1.29 is 9.90 Å². The third-order valence-corrected chi connectivity index (χ3v) is 5.11. The molecule has 0 aliphatic carbocycles. The largest absolute Gasteiger partial charge is 0.508 e. The lowest BCUT2D eigenvalue weighted by Gasteiger charge is -2.20. The lowest BCUT2D eigenvalue weighted by Crippen LogP contribution is -2.02. The van der Waals surface area contributed by atoms with Crippen LogP contribution in [0.5, 0.6) is 5.75 Å². The molecular formula is C21H15NO2S. The number of hydrogen-bond acceptors (Lipinski definition) is 4. The maximum absolute atomic E-state index is 12.4. The fourth-order valence-electron chi connectivity index (χ4n) is 2.65. The average Bonchev–Trinajstić information content (AvgIpc) is 2.65. The highest BCUT2D eigenvalue weighted by molar-refractivity contribution is 7.99. The van der Waals surface area contributed by atoms with Gasteiger partial charge in [0.25, 0.3) is 0 Å². The van der Waals surface area contributed by atoms with Gasteiger partial charge in [0.2, 0.25) is 0 Å². The van der Waals surface area contributed by atoms with Gasteiger partial charge in [-0.15, -0.1) is 0 Å². The number of benzene rings is 3. The number of carbonyl (C=O) groups excluding carboxylic acids is 1. The lowest BCUT2D eigenvalue weighted by molar-refractivity contribution is 0.104. The van der Waals surface area contributed by atoms with E-state index in [0.29, 0.717) is 5.56 Å². The van der Waals surface area contributed by atoms with Gasteiger partial charge in [0.05, 0.1) is 11.4 Å². The molecule has 122 valence electrons. The van der Waals surface area contributed by atoms with Crippen molar-refractivity contribution >= 4 is 35.0 Å². The van der Waals surface area contributed by atoms with Crippen LogP contribution in [0.4, 0.5) is 11.4 Å². The molecule has 3 nitrogen and oxygen atoms in total. The van der Waals surface area contributed by atoms with Crippen LogP contribution in [0, 0.1) is 0 Å². The number of phenols is 1. The molecule has 25 heavy (non-hydrogen) atoms. The molecule has 0 saturated carbocycles. The summed E-state index contributed by atoms with van der Waals surface area (Å²) in [5.74, 6) is 0.156. The summed E-state index contributed by atoms with van der Waals surface area (Å²) in [5, 5.41) is 12.7. The first kappa shape index (κ1) is 15.5. The Kier molecular flexibility index (Phi) is 4.04. The molecular weight excluding hydrogens is 330 g/mol. The van der Waals surface area contributed by atoms with Crippen LogP contribution in [-0.4, -0.2) is 10.9 Å². The van der Waals surface area contributed by atoms with E-state index in [1.165, 1.54) is 4.90 Å². The number of fused-ring (bicyclic) bond motifs is 2. The first-order chi connectivity index (χ1) is 12.2. The molecule has 3 aromatic carbocycles. The van der Waals surface area contributed by atoms with Crippen molar-refractivity contribution in [1.29, 1.82) is 0 Å². The molecule has 0 radical (unpaired) electrons. The minimum atomic E-state index is -0.0541. The van der Waals surface area contributed by atoms with Crippen LogP contribution in [0.3, 0.4) is 0 Å². The van der Waals surface area contributed by atoms with Gasteiger partial charge in [-0.3, -0.25) is 4.79 Å². The van der Waals surface area contributed by atoms with Crippen molar-refractivity contribution in [3.63, 3.8) is 0 Å². The highest BCUT2D eigenvalue weighted by Gasteiger charge is 2.16. The van der Waals surface area contributed by atoms with Crippen molar-refractivity contribution in [3.8, 4) is 5.75 Å². The fraction of sp³-hybridized carbons (Fsp3) is 0. The SMILES string of the molecule is O=C(/C=C/c1ccc(O)cc1)c1ccc2c(c1)Nc1ccccc1S2. The summed E-state index contributed by atoms with van der Waals surface area (Å²) in [4.78, 5) is 14.7. The zero-order chi connectivity index (χ0) is 17.2. The maximum Gasteiger partial charge on any atom is 0.185 e. The normalized spacial score (nSPS) is 12.3. The van der Waals surface area contributed by atoms with Crippen molar-refractivity contribution in [2.24, 2.45) is 0 Å². The summed E-state index contributed by atoms with van der Waals surface area (Å²) in [6.45, 7) is 0. The van der Waals surface area contributed by atoms with Gasteiger partial charge >= 0.3 is 0 Å². The van der Waals surface area contributed by atoms with Crippen LogP contribution in [0.15, 0.2) is 82.6 Å². The first-order valence-electron chi connectivity index (χ1n) is 7.88. The van der Waals surface area contributed by atoms with E-state index in [-0.39, 0.29) is 11.5 Å². The van der Waals surface area contributed by atoms with E-state index in [2.05, 4.69) is 11.4 Å². The predicted molar refractivity (Wildman–Crippen MR) is 102 cm³/mol. The Labute approximate surface area is 150 Å². The second-order valence-electron chi connectivity index (χ2n) is 5.72. The summed E-state index contributed by atoms with van der Waals surface area (Å²) < 4.78 is 0. The number of allylic oxidation sites excluding steroid dienone is 1. The van der Waals surface area contributed by atoms with E-state index in [1.54, 1.807) is 48.2 Å².